The zero-order valence-electron chi connectivity index (χ0n) is 15.4. The molecule has 1 atom stereocenters. The van der Waals surface area contributed by atoms with Crippen molar-refractivity contribution in [1.82, 2.24) is 9.80 Å². The topological polar surface area (TPSA) is 70.2 Å². The largest absolute Gasteiger partial charge is 0.379 e. The lowest BCUT2D eigenvalue weighted by Crippen LogP contribution is -2.50. The van der Waals surface area contributed by atoms with E-state index in [1.807, 2.05) is 6.07 Å². The molecule has 1 aromatic rings. The minimum absolute atomic E-state index is 0.0170. The van der Waals surface area contributed by atoms with Crippen LogP contribution < -0.4 is 4.90 Å². The molecule has 2 saturated heterocycles. The summed E-state index contributed by atoms with van der Waals surface area (Å²) in [6.07, 6.45) is 1.82. The van der Waals surface area contributed by atoms with E-state index in [4.69, 9.17) is 4.74 Å². The maximum atomic E-state index is 13.0. The zero-order chi connectivity index (χ0) is 18.8. The van der Waals surface area contributed by atoms with Gasteiger partial charge in [-0.05, 0) is 25.0 Å². The highest BCUT2D eigenvalue weighted by molar-refractivity contribution is 6.23. The van der Waals surface area contributed by atoms with Crippen LogP contribution in [0.25, 0.3) is 0 Å². The second kappa shape index (κ2) is 7.78. The van der Waals surface area contributed by atoms with Crippen LogP contribution in [-0.4, -0.2) is 73.0 Å². The normalized spacial score (nSPS) is 23.7. The molecule has 144 valence electrons. The summed E-state index contributed by atoms with van der Waals surface area (Å²) in [5.74, 6) is -0.494. The van der Waals surface area contributed by atoms with Crippen LogP contribution in [0.2, 0.25) is 0 Å². The van der Waals surface area contributed by atoms with E-state index < -0.39 is 6.04 Å². The third-order valence-corrected chi connectivity index (χ3v) is 5.48. The summed E-state index contributed by atoms with van der Waals surface area (Å²) >= 11 is 0. The van der Waals surface area contributed by atoms with Crippen LogP contribution in [0.3, 0.4) is 0 Å². The van der Waals surface area contributed by atoms with Crippen LogP contribution in [0.5, 0.6) is 0 Å². The Kier molecular flexibility index (Phi) is 5.22. The summed E-state index contributed by atoms with van der Waals surface area (Å²) in [6.45, 7) is 4.23. The first kappa shape index (κ1) is 18.1. The molecule has 1 aromatic carbocycles. The lowest BCUT2D eigenvalue weighted by molar-refractivity contribution is -0.139. The molecule has 2 heterocycles. The lowest BCUT2D eigenvalue weighted by Gasteiger charge is -2.32. The first-order valence-electron chi connectivity index (χ1n) is 9.67. The Morgan fingerprint density at radius 2 is 1.81 bits per heavy atom. The van der Waals surface area contributed by atoms with E-state index >= 15 is 0 Å². The summed E-state index contributed by atoms with van der Waals surface area (Å²) < 4.78 is 5.37. The quantitative estimate of drug-likeness (QED) is 0.695. The minimum Gasteiger partial charge on any atom is -0.379 e. The van der Waals surface area contributed by atoms with Gasteiger partial charge >= 0.3 is 0 Å². The van der Waals surface area contributed by atoms with E-state index in [1.165, 1.54) is 4.90 Å². The van der Waals surface area contributed by atoms with Gasteiger partial charge in [-0.25, -0.2) is 4.90 Å². The van der Waals surface area contributed by atoms with Gasteiger partial charge in [-0.1, -0.05) is 18.2 Å². The second-order valence-corrected chi connectivity index (χ2v) is 7.38. The van der Waals surface area contributed by atoms with Crippen molar-refractivity contribution >= 4 is 23.4 Å². The van der Waals surface area contributed by atoms with Gasteiger partial charge in [0, 0.05) is 32.1 Å². The zero-order valence-corrected chi connectivity index (χ0v) is 15.4. The first-order valence-corrected chi connectivity index (χ1v) is 9.67. The predicted octanol–water partition coefficient (Wildman–Crippen LogP) is 0.889. The molecule has 27 heavy (non-hydrogen) atoms. The second-order valence-electron chi connectivity index (χ2n) is 7.38. The van der Waals surface area contributed by atoms with Gasteiger partial charge in [0.15, 0.2) is 0 Å². The van der Waals surface area contributed by atoms with Crippen molar-refractivity contribution in [1.29, 1.82) is 0 Å². The smallest absolute Gasteiger partial charge is 0.257 e. The van der Waals surface area contributed by atoms with E-state index in [9.17, 15) is 14.4 Å². The van der Waals surface area contributed by atoms with Crippen molar-refractivity contribution in [2.24, 2.45) is 5.92 Å². The third-order valence-electron chi connectivity index (χ3n) is 5.48. The Balaban J connectivity index is 1.50. The third kappa shape index (κ3) is 3.89. The molecule has 7 nitrogen and oxygen atoms in total. The van der Waals surface area contributed by atoms with Gasteiger partial charge in [-0.3, -0.25) is 19.3 Å². The number of nitrogens with zero attached hydrogens (tertiary/aromatic N) is 3. The van der Waals surface area contributed by atoms with Gasteiger partial charge in [0.1, 0.15) is 6.04 Å². The van der Waals surface area contributed by atoms with Gasteiger partial charge in [-0.15, -0.1) is 0 Å². The predicted molar refractivity (Wildman–Crippen MR) is 99.0 cm³/mol. The maximum Gasteiger partial charge on any atom is 0.257 e. The molecule has 0 aromatic heterocycles. The molecule has 7 heteroatoms. The summed E-state index contributed by atoms with van der Waals surface area (Å²) in [6, 6.07) is 8.26. The molecule has 3 aliphatic rings. The number of para-hydroxylation sites is 1. The monoisotopic (exact) mass is 371 g/mol. The first-order chi connectivity index (χ1) is 13.1. The molecule has 0 bridgehead atoms. The number of ether oxygens (including phenoxy) is 1. The number of hydrogen-bond donors (Lipinski definition) is 0. The number of morpholine rings is 1. The fourth-order valence-corrected chi connectivity index (χ4v) is 3.77. The van der Waals surface area contributed by atoms with Gasteiger partial charge in [0.2, 0.25) is 11.8 Å². The number of hydrogen-bond acceptors (Lipinski definition) is 5. The average Bonchev–Trinajstić information content (AvgIpc) is 3.50. The molecule has 3 amide bonds. The Morgan fingerprint density at radius 3 is 2.48 bits per heavy atom. The molecular formula is C20H25N3O4. The van der Waals surface area contributed by atoms with Crippen molar-refractivity contribution in [2.45, 2.75) is 25.3 Å². The van der Waals surface area contributed by atoms with E-state index in [0.29, 0.717) is 32.0 Å². The molecule has 1 aliphatic carbocycles. The number of carbonyl (C=O) groups excluding carboxylic acids is 3. The number of anilines is 1. The van der Waals surface area contributed by atoms with Gasteiger partial charge < -0.3 is 9.64 Å². The fourth-order valence-electron chi connectivity index (χ4n) is 3.77. The Bertz CT molecular complexity index is 713. The van der Waals surface area contributed by atoms with Crippen molar-refractivity contribution in [2.75, 3.05) is 44.3 Å². The highest BCUT2D eigenvalue weighted by Crippen LogP contribution is 2.34. The summed E-state index contributed by atoms with van der Waals surface area (Å²) in [5.41, 5.74) is 0.571. The van der Waals surface area contributed by atoms with Crippen LogP contribution >= 0.6 is 0 Å². The molecule has 2 aliphatic heterocycles. The molecule has 0 N–H and O–H groups in total. The maximum absolute atomic E-state index is 13.0. The Hall–Kier alpha value is -2.25. The number of rotatable bonds is 6. The standard InChI is InChI=1S/C20H25N3O4/c24-18-14-17(20(26)23(18)16-4-2-1-3-5-16)22(19(25)15-6-7-15)9-8-21-10-12-27-13-11-21/h1-5,15,17H,6-14H2. The highest BCUT2D eigenvalue weighted by Gasteiger charge is 2.46. The number of imide groups is 1. The van der Waals surface area contributed by atoms with Crippen molar-refractivity contribution in [3.05, 3.63) is 30.3 Å². The van der Waals surface area contributed by atoms with Crippen LogP contribution in [0.4, 0.5) is 5.69 Å². The van der Waals surface area contributed by atoms with Gasteiger partial charge in [0.05, 0.1) is 25.3 Å². The summed E-state index contributed by atoms with van der Waals surface area (Å²) in [4.78, 5) is 43.6. The molecule has 0 spiro atoms. The molecule has 3 fully saturated rings. The van der Waals surface area contributed by atoms with Crippen LogP contribution in [0.1, 0.15) is 19.3 Å². The Morgan fingerprint density at radius 1 is 1.11 bits per heavy atom. The van der Waals surface area contributed by atoms with E-state index in [0.717, 1.165) is 25.9 Å². The minimum atomic E-state index is -0.688. The van der Waals surface area contributed by atoms with E-state index in [2.05, 4.69) is 4.90 Å². The Labute approximate surface area is 158 Å². The highest BCUT2D eigenvalue weighted by atomic mass is 16.5. The molecule has 0 radical (unpaired) electrons. The molecular weight excluding hydrogens is 346 g/mol. The van der Waals surface area contributed by atoms with Crippen LogP contribution in [0.15, 0.2) is 30.3 Å². The summed E-state index contributed by atoms with van der Waals surface area (Å²) in [5, 5.41) is 0. The molecule has 4 rings (SSSR count). The van der Waals surface area contributed by atoms with Crippen molar-refractivity contribution in [3.63, 3.8) is 0 Å². The number of benzene rings is 1. The number of carbonyl (C=O) groups is 3. The van der Waals surface area contributed by atoms with E-state index in [-0.39, 0.29) is 30.1 Å². The van der Waals surface area contributed by atoms with Crippen molar-refractivity contribution < 1.29 is 19.1 Å². The average molecular weight is 371 g/mol. The molecule has 1 saturated carbocycles. The fraction of sp³-hybridized carbons (Fsp3) is 0.550. The van der Waals surface area contributed by atoms with Gasteiger partial charge in [-0.2, -0.15) is 0 Å². The van der Waals surface area contributed by atoms with Crippen LogP contribution in [0, 0.1) is 5.92 Å². The van der Waals surface area contributed by atoms with Gasteiger partial charge in [0.25, 0.3) is 5.91 Å². The number of amides is 3. The lowest BCUT2D eigenvalue weighted by atomic mass is 10.1. The SMILES string of the molecule is O=C1CC(N(CCN2CCOCC2)C(=O)C2CC2)C(=O)N1c1ccccc1. The van der Waals surface area contributed by atoms with Crippen molar-refractivity contribution in [3.8, 4) is 0 Å². The summed E-state index contributed by atoms with van der Waals surface area (Å²) in [7, 11) is 0. The van der Waals surface area contributed by atoms with E-state index in [1.54, 1.807) is 29.2 Å². The molecule has 1 unspecified atom stereocenters. The van der Waals surface area contributed by atoms with Crippen LogP contribution in [-0.2, 0) is 19.1 Å².